The first-order valence-electron chi connectivity index (χ1n) is 11.5. The Morgan fingerprint density at radius 3 is 2.32 bits per heavy atom. The largest absolute Gasteiger partial charge is 0.484 e. The highest BCUT2D eigenvalue weighted by atomic mass is 19.1. The van der Waals surface area contributed by atoms with Crippen molar-refractivity contribution in [3.8, 4) is 5.75 Å². The van der Waals surface area contributed by atoms with E-state index in [0.717, 1.165) is 12.1 Å². The number of halogens is 1. The lowest BCUT2D eigenvalue weighted by atomic mass is 10.0. The van der Waals surface area contributed by atoms with Crippen LogP contribution in [0.15, 0.2) is 78.9 Å². The fourth-order valence-corrected chi connectivity index (χ4v) is 4.30. The molecule has 1 heterocycles. The monoisotopic (exact) mass is 460 g/mol. The Hall–Kier alpha value is -3.51. The van der Waals surface area contributed by atoms with Gasteiger partial charge in [0.2, 0.25) is 0 Å². The first kappa shape index (κ1) is 23.6. The van der Waals surface area contributed by atoms with Crippen molar-refractivity contribution in [2.75, 3.05) is 19.7 Å². The number of hydrogen-bond acceptors (Lipinski definition) is 4. The predicted octanol–water partition coefficient (Wildman–Crippen LogP) is 4.56. The molecule has 176 valence electrons. The molecular formula is C28H29FN2O3. The fraction of sp³-hybridized carbons (Fsp3) is 0.286. The van der Waals surface area contributed by atoms with Gasteiger partial charge in [-0.2, -0.15) is 0 Å². The van der Waals surface area contributed by atoms with E-state index < -0.39 is 0 Å². The number of benzene rings is 3. The average Bonchev–Trinajstić information content (AvgIpc) is 2.86. The Kier molecular flexibility index (Phi) is 7.38. The minimum absolute atomic E-state index is 0.0266. The molecule has 0 radical (unpaired) electrons. The van der Waals surface area contributed by atoms with Crippen molar-refractivity contribution in [2.24, 2.45) is 0 Å². The molecule has 0 aromatic heterocycles. The molecule has 5 nitrogen and oxygen atoms in total. The van der Waals surface area contributed by atoms with Crippen LogP contribution in [0.25, 0.3) is 0 Å². The molecule has 0 aliphatic carbocycles. The zero-order valence-corrected chi connectivity index (χ0v) is 19.5. The van der Waals surface area contributed by atoms with Crippen LogP contribution in [0, 0.1) is 5.82 Å². The van der Waals surface area contributed by atoms with Gasteiger partial charge in [0.1, 0.15) is 11.6 Å². The zero-order valence-electron chi connectivity index (χ0n) is 19.5. The first-order valence-corrected chi connectivity index (χ1v) is 11.5. The van der Waals surface area contributed by atoms with Gasteiger partial charge < -0.3 is 9.64 Å². The molecule has 1 amide bonds. The van der Waals surface area contributed by atoms with E-state index in [4.69, 9.17) is 4.74 Å². The van der Waals surface area contributed by atoms with E-state index in [1.165, 1.54) is 12.1 Å². The molecule has 0 spiro atoms. The van der Waals surface area contributed by atoms with Gasteiger partial charge in [-0.25, -0.2) is 4.39 Å². The quantitative estimate of drug-likeness (QED) is 0.485. The van der Waals surface area contributed by atoms with Crippen LogP contribution >= 0.6 is 0 Å². The van der Waals surface area contributed by atoms with E-state index in [1.54, 1.807) is 48.5 Å². The predicted molar refractivity (Wildman–Crippen MR) is 129 cm³/mol. The van der Waals surface area contributed by atoms with Crippen molar-refractivity contribution in [2.45, 2.75) is 32.5 Å². The molecular weight excluding hydrogens is 431 g/mol. The number of piperazine rings is 1. The SMILES string of the molecule is C[C@@H]1CN(C(=O)COc2cccc(C(=O)c3ccccc3)c2)[C@@H](C)CN1Cc1ccc(F)cc1. The number of ether oxygens (including phenoxy) is 1. The van der Waals surface area contributed by atoms with Crippen molar-refractivity contribution in [3.63, 3.8) is 0 Å². The Morgan fingerprint density at radius 2 is 1.59 bits per heavy atom. The minimum Gasteiger partial charge on any atom is -0.484 e. The third-order valence-corrected chi connectivity index (χ3v) is 6.23. The molecule has 3 aromatic rings. The third kappa shape index (κ3) is 5.69. The van der Waals surface area contributed by atoms with Crippen molar-refractivity contribution in [1.82, 2.24) is 9.80 Å². The molecule has 4 rings (SSSR count). The summed E-state index contributed by atoms with van der Waals surface area (Å²) in [6.45, 7) is 6.07. The lowest BCUT2D eigenvalue weighted by Gasteiger charge is -2.44. The molecule has 0 saturated carbocycles. The molecule has 1 saturated heterocycles. The van der Waals surface area contributed by atoms with Crippen LogP contribution < -0.4 is 4.74 Å². The number of carbonyl (C=O) groups is 2. The van der Waals surface area contributed by atoms with Crippen molar-refractivity contribution in [3.05, 3.63) is 101 Å². The lowest BCUT2D eigenvalue weighted by Crippen LogP contribution is -2.58. The van der Waals surface area contributed by atoms with Crippen LogP contribution in [0.4, 0.5) is 4.39 Å². The molecule has 0 unspecified atom stereocenters. The molecule has 1 fully saturated rings. The molecule has 0 N–H and O–H groups in total. The molecule has 1 aliphatic heterocycles. The Morgan fingerprint density at radius 1 is 0.882 bits per heavy atom. The normalized spacial score (nSPS) is 18.5. The highest BCUT2D eigenvalue weighted by molar-refractivity contribution is 6.09. The van der Waals surface area contributed by atoms with Gasteiger partial charge in [0, 0.05) is 42.8 Å². The van der Waals surface area contributed by atoms with Gasteiger partial charge in [0.05, 0.1) is 0 Å². The number of ketones is 1. The van der Waals surface area contributed by atoms with Gasteiger partial charge in [-0.3, -0.25) is 14.5 Å². The molecule has 2 atom stereocenters. The van der Waals surface area contributed by atoms with E-state index in [0.29, 0.717) is 30.0 Å². The Bertz CT molecular complexity index is 1130. The summed E-state index contributed by atoms with van der Waals surface area (Å²) in [6.07, 6.45) is 0. The van der Waals surface area contributed by atoms with Crippen LogP contribution in [-0.4, -0.2) is 53.3 Å². The zero-order chi connectivity index (χ0) is 24.1. The fourth-order valence-electron chi connectivity index (χ4n) is 4.30. The van der Waals surface area contributed by atoms with E-state index in [1.807, 2.05) is 30.0 Å². The van der Waals surface area contributed by atoms with Gasteiger partial charge in [-0.1, -0.05) is 54.6 Å². The number of carbonyl (C=O) groups excluding carboxylic acids is 2. The topological polar surface area (TPSA) is 49.9 Å². The smallest absolute Gasteiger partial charge is 0.260 e. The van der Waals surface area contributed by atoms with Crippen molar-refractivity contribution in [1.29, 1.82) is 0 Å². The summed E-state index contributed by atoms with van der Waals surface area (Å²) in [5, 5.41) is 0. The average molecular weight is 461 g/mol. The summed E-state index contributed by atoms with van der Waals surface area (Å²) < 4.78 is 19.0. The maximum atomic E-state index is 13.2. The molecule has 3 aromatic carbocycles. The Labute approximate surface area is 199 Å². The highest BCUT2D eigenvalue weighted by Gasteiger charge is 2.32. The van der Waals surface area contributed by atoms with Crippen LogP contribution in [0.1, 0.15) is 35.3 Å². The summed E-state index contributed by atoms with van der Waals surface area (Å²) in [7, 11) is 0. The van der Waals surface area contributed by atoms with Gasteiger partial charge in [-0.05, 0) is 43.7 Å². The number of rotatable bonds is 7. The van der Waals surface area contributed by atoms with E-state index in [-0.39, 0.29) is 36.2 Å². The summed E-state index contributed by atoms with van der Waals surface area (Å²) in [4.78, 5) is 29.8. The van der Waals surface area contributed by atoms with Crippen molar-refractivity contribution < 1.29 is 18.7 Å². The standard InChI is InChI=1S/C28H29FN2O3/c1-20-17-31(21(2)16-30(20)18-22-11-13-25(29)14-12-22)27(32)19-34-26-10-6-9-24(15-26)28(33)23-7-4-3-5-8-23/h3-15,20-21H,16-19H2,1-2H3/t20-,21+/m1/s1. The van der Waals surface area contributed by atoms with Gasteiger partial charge in [0.15, 0.2) is 12.4 Å². The Balaban J connectivity index is 1.33. The van der Waals surface area contributed by atoms with Gasteiger partial charge >= 0.3 is 0 Å². The highest BCUT2D eigenvalue weighted by Crippen LogP contribution is 2.20. The maximum Gasteiger partial charge on any atom is 0.260 e. The van der Waals surface area contributed by atoms with Crippen LogP contribution in [-0.2, 0) is 11.3 Å². The molecule has 6 heteroatoms. The second-order valence-corrected chi connectivity index (χ2v) is 8.81. The van der Waals surface area contributed by atoms with E-state index in [2.05, 4.69) is 11.8 Å². The summed E-state index contributed by atoms with van der Waals surface area (Å²) >= 11 is 0. The molecule has 0 bridgehead atoms. The number of nitrogens with zero attached hydrogens (tertiary/aromatic N) is 2. The maximum absolute atomic E-state index is 13.2. The van der Waals surface area contributed by atoms with E-state index >= 15 is 0 Å². The second kappa shape index (κ2) is 10.6. The first-order chi connectivity index (χ1) is 16.4. The summed E-state index contributed by atoms with van der Waals surface area (Å²) in [5.41, 5.74) is 2.18. The van der Waals surface area contributed by atoms with Crippen LogP contribution in [0.2, 0.25) is 0 Å². The third-order valence-electron chi connectivity index (χ3n) is 6.23. The lowest BCUT2D eigenvalue weighted by molar-refractivity contribution is -0.139. The van der Waals surface area contributed by atoms with Gasteiger partial charge in [-0.15, -0.1) is 0 Å². The minimum atomic E-state index is -0.240. The number of amides is 1. The molecule has 34 heavy (non-hydrogen) atoms. The number of hydrogen-bond donors (Lipinski definition) is 0. The van der Waals surface area contributed by atoms with Crippen molar-refractivity contribution >= 4 is 11.7 Å². The van der Waals surface area contributed by atoms with Gasteiger partial charge in [0.25, 0.3) is 5.91 Å². The van der Waals surface area contributed by atoms with Crippen LogP contribution in [0.5, 0.6) is 5.75 Å². The molecule has 1 aliphatic rings. The van der Waals surface area contributed by atoms with Crippen LogP contribution in [0.3, 0.4) is 0 Å². The van der Waals surface area contributed by atoms with E-state index in [9.17, 15) is 14.0 Å². The second-order valence-electron chi connectivity index (χ2n) is 8.81. The summed E-state index contributed by atoms with van der Waals surface area (Å²) in [6, 6.07) is 22.7. The summed E-state index contributed by atoms with van der Waals surface area (Å²) in [5.74, 6) is 0.0824.